The summed E-state index contributed by atoms with van der Waals surface area (Å²) in [4.78, 5) is 16.6. The Morgan fingerprint density at radius 1 is 1.11 bits per heavy atom. The number of ether oxygens (including phenoxy) is 1. The van der Waals surface area contributed by atoms with Crippen LogP contribution in [-0.4, -0.2) is 21.1 Å². The zero-order valence-corrected chi connectivity index (χ0v) is 14.1. The molecule has 2 N–H and O–H groups in total. The monoisotopic (exact) mass is 362 g/mol. The highest BCUT2D eigenvalue weighted by Crippen LogP contribution is 2.20. The SMILES string of the molecule is O=C(NCc1ccnc(Oc2ccc(F)cc2)c1)c1n[nH]c2ccccc12. The second-order valence-electron chi connectivity index (χ2n) is 5.86. The lowest BCUT2D eigenvalue weighted by Gasteiger charge is -2.07. The summed E-state index contributed by atoms with van der Waals surface area (Å²) in [6, 6.07) is 16.6. The molecule has 4 rings (SSSR count). The van der Waals surface area contributed by atoms with Gasteiger partial charge in [-0.3, -0.25) is 9.89 Å². The van der Waals surface area contributed by atoms with E-state index in [1.807, 2.05) is 24.3 Å². The molecule has 0 saturated carbocycles. The Kier molecular flexibility index (Phi) is 4.49. The smallest absolute Gasteiger partial charge is 0.272 e. The van der Waals surface area contributed by atoms with Crippen molar-refractivity contribution in [3.05, 3.63) is 83.9 Å². The van der Waals surface area contributed by atoms with Gasteiger partial charge in [0.05, 0.1) is 5.52 Å². The molecule has 0 aliphatic rings. The van der Waals surface area contributed by atoms with Crippen LogP contribution >= 0.6 is 0 Å². The van der Waals surface area contributed by atoms with Crippen LogP contribution in [0, 0.1) is 5.82 Å². The number of amides is 1. The maximum atomic E-state index is 13.0. The van der Waals surface area contributed by atoms with Crippen LogP contribution in [0.5, 0.6) is 11.6 Å². The van der Waals surface area contributed by atoms with Gasteiger partial charge < -0.3 is 10.1 Å². The minimum absolute atomic E-state index is 0.273. The zero-order valence-electron chi connectivity index (χ0n) is 14.1. The molecular weight excluding hydrogens is 347 g/mol. The predicted molar refractivity (Wildman–Crippen MR) is 98.0 cm³/mol. The standard InChI is InChI=1S/C20H15FN4O2/c21-14-5-7-15(8-6-14)27-18-11-13(9-10-22-18)12-23-20(26)19-16-3-1-2-4-17(16)24-25-19/h1-11H,12H2,(H,23,26)(H,24,25). The van der Waals surface area contributed by atoms with Gasteiger partial charge in [0.15, 0.2) is 5.69 Å². The fraction of sp³-hybridized carbons (Fsp3) is 0.0500. The van der Waals surface area contributed by atoms with E-state index in [2.05, 4.69) is 20.5 Å². The van der Waals surface area contributed by atoms with E-state index in [0.717, 1.165) is 16.5 Å². The van der Waals surface area contributed by atoms with Crippen molar-refractivity contribution in [1.82, 2.24) is 20.5 Å². The van der Waals surface area contributed by atoms with Crippen molar-refractivity contribution in [3.8, 4) is 11.6 Å². The molecule has 0 fully saturated rings. The Balaban J connectivity index is 1.44. The fourth-order valence-corrected chi connectivity index (χ4v) is 2.64. The van der Waals surface area contributed by atoms with Crippen LogP contribution in [0.4, 0.5) is 4.39 Å². The molecule has 0 atom stereocenters. The number of para-hydroxylation sites is 1. The molecule has 0 bridgehead atoms. The molecule has 2 heterocycles. The number of rotatable bonds is 5. The van der Waals surface area contributed by atoms with Gasteiger partial charge in [-0.05, 0) is 42.0 Å². The molecule has 0 aliphatic carbocycles. The largest absolute Gasteiger partial charge is 0.439 e. The van der Waals surface area contributed by atoms with E-state index in [0.29, 0.717) is 23.9 Å². The summed E-state index contributed by atoms with van der Waals surface area (Å²) in [6.45, 7) is 0.294. The van der Waals surface area contributed by atoms with Crippen LogP contribution in [-0.2, 0) is 6.54 Å². The molecule has 1 amide bonds. The Bertz CT molecular complexity index is 1090. The van der Waals surface area contributed by atoms with Gasteiger partial charge in [-0.2, -0.15) is 5.10 Å². The molecule has 0 radical (unpaired) electrons. The van der Waals surface area contributed by atoms with E-state index in [9.17, 15) is 9.18 Å². The fourth-order valence-electron chi connectivity index (χ4n) is 2.64. The maximum Gasteiger partial charge on any atom is 0.272 e. The van der Waals surface area contributed by atoms with Crippen LogP contribution in [0.3, 0.4) is 0 Å². The van der Waals surface area contributed by atoms with Crippen LogP contribution in [0.2, 0.25) is 0 Å². The van der Waals surface area contributed by atoms with Gasteiger partial charge in [0, 0.05) is 24.2 Å². The second kappa shape index (κ2) is 7.25. The summed E-state index contributed by atoms with van der Waals surface area (Å²) in [5.41, 5.74) is 1.97. The second-order valence-corrected chi connectivity index (χ2v) is 5.86. The lowest BCUT2D eigenvalue weighted by Crippen LogP contribution is -2.23. The maximum absolute atomic E-state index is 13.0. The highest BCUT2D eigenvalue weighted by molar-refractivity contribution is 6.04. The van der Waals surface area contributed by atoms with Gasteiger partial charge >= 0.3 is 0 Å². The molecule has 27 heavy (non-hydrogen) atoms. The molecule has 0 unspecified atom stereocenters. The van der Waals surface area contributed by atoms with Gasteiger partial charge in [-0.25, -0.2) is 9.37 Å². The number of fused-ring (bicyclic) bond motifs is 1. The molecule has 2 aromatic carbocycles. The Labute approximate surface area is 154 Å². The first-order chi connectivity index (χ1) is 13.2. The first kappa shape index (κ1) is 16.7. The molecule has 0 spiro atoms. The molecule has 4 aromatic rings. The van der Waals surface area contributed by atoms with Gasteiger partial charge in [-0.15, -0.1) is 0 Å². The average Bonchev–Trinajstić information content (AvgIpc) is 3.13. The minimum Gasteiger partial charge on any atom is -0.439 e. The van der Waals surface area contributed by atoms with Gasteiger partial charge in [0.25, 0.3) is 5.91 Å². The number of carbonyl (C=O) groups is 1. The highest BCUT2D eigenvalue weighted by Gasteiger charge is 2.13. The number of pyridine rings is 1. The number of benzene rings is 2. The molecular formula is C20H15FN4O2. The normalized spacial score (nSPS) is 10.7. The number of hydrogen-bond acceptors (Lipinski definition) is 4. The lowest BCUT2D eigenvalue weighted by atomic mass is 10.2. The first-order valence-corrected chi connectivity index (χ1v) is 8.29. The van der Waals surface area contributed by atoms with E-state index >= 15 is 0 Å². The number of halogens is 1. The number of hydrogen-bond donors (Lipinski definition) is 2. The summed E-state index contributed by atoms with van der Waals surface area (Å²) >= 11 is 0. The van der Waals surface area contributed by atoms with Crippen LogP contribution in [0.15, 0.2) is 66.9 Å². The van der Waals surface area contributed by atoms with Gasteiger partial charge in [0.1, 0.15) is 11.6 Å². The summed E-state index contributed by atoms with van der Waals surface area (Å²) < 4.78 is 18.6. The van der Waals surface area contributed by atoms with Crippen molar-refractivity contribution in [1.29, 1.82) is 0 Å². The topological polar surface area (TPSA) is 79.9 Å². The molecule has 2 aromatic heterocycles. The number of aromatic amines is 1. The Hall–Kier alpha value is -3.74. The number of nitrogens with one attached hydrogen (secondary N) is 2. The van der Waals surface area contributed by atoms with E-state index in [4.69, 9.17) is 4.74 Å². The molecule has 134 valence electrons. The third kappa shape index (κ3) is 3.77. The molecule has 7 heteroatoms. The van der Waals surface area contributed by atoms with E-state index in [1.165, 1.54) is 24.3 Å². The van der Waals surface area contributed by atoms with Crippen molar-refractivity contribution >= 4 is 16.8 Å². The summed E-state index contributed by atoms with van der Waals surface area (Å²) in [5.74, 6) is 0.231. The van der Waals surface area contributed by atoms with E-state index in [1.54, 1.807) is 18.3 Å². The highest BCUT2D eigenvalue weighted by atomic mass is 19.1. The van der Waals surface area contributed by atoms with E-state index in [-0.39, 0.29) is 11.7 Å². The van der Waals surface area contributed by atoms with Crippen LogP contribution in [0.25, 0.3) is 10.9 Å². The lowest BCUT2D eigenvalue weighted by molar-refractivity contribution is 0.0947. The number of H-pyrrole nitrogens is 1. The summed E-state index contributed by atoms with van der Waals surface area (Å²) in [5, 5.41) is 10.5. The summed E-state index contributed by atoms with van der Waals surface area (Å²) in [6.07, 6.45) is 1.59. The van der Waals surface area contributed by atoms with Crippen molar-refractivity contribution in [3.63, 3.8) is 0 Å². The molecule has 6 nitrogen and oxygen atoms in total. The number of aromatic nitrogens is 3. The molecule has 0 aliphatic heterocycles. The Morgan fingerprint density at radius 2 is 1.93 bits per heavy atom. The number of carbonyl (C=O) groups excluding carboxylic acids is 1. The van der Waals surface area contributed by atoms with Gasteiger partial charge in [-0.1, -0.05) is 18.2 Å². The number of nitrogens with zero attached hydrogens (tertiary/aromatic N) is 2. The Morgan fingerprint density at radius 3 is 2.78 bits per heavy atom. The quantitative estimate of drug-likeness (QED) is 0.566. The van der Waals surface area contributed by atoms with Crippen molar-refractivity contribution in [2.75, 3.05) is 0 Å². The minimum atomic E-state index is -0.335. The predicted octanol–water partition coefficient (Wildman–Crippen LogP) is 3.82. The molecule has 0 saturated heterocycles. The van der Waals surface area contributed by atoms with Crippen molar-refractivity contribution < 1.29 is 13.9 Å². The van der Waals surface area contributed by atoms with Crippen molar-refractivity contribution in [2.24, 2.45) is 0 Å². The van der Waals surface area contributed by atoms with Crippen molar-refractivity contribution in [2.45, 2.75) is 6.54 Å². The zero-order chi connectivity index (χ0) is 18.6. The van der Waals surface area contributed by atoms with Crippen LogP contribution < -0.4 is 10.1 Å². The van der Waals surface area contributed by atoms with E-state index < -0.39 is 0 Å². The van der Waals surface area contributed by atoms with Gasteiger partial charge in [0.2, 0.25) is 5.88 Å². The first-order valence-electron chi connectivity index (χ1n) is 8.29. The summed E-state index contributed by atoms with van der Waals surface area (Å²) in [7, 11) is 0. The third-order valence-electron chi connectivity index (χ3n) is 3.97. The third-order valence-corrected chi connectivity index (χ3v) is 3.97. The van der Waals surface area contributed by atoms with Crippen LogP contribution in [0.1, 0.15) is 16.1 Å². The average molecular weight is 362 g/mol.